The van der Waals surface area contributed by atoms with E-state index >= 15 is 0 Å². The largest absolute Gasteiger partial charge is 0.355 e. The molecule has 1 aromatic heterocycles. The molecule has 1 aliphatic rings. The average Bonchev–Trinajstić information content (AvgIpc) is 2.97. The summed E-state index contributed by atoms with van der Waals surface area (Å²) in [6.45, 7) is 5.23. The summed E-state index contributed by atoms with van der Waals surface area (Å²) in [7, 11) is 2.04. The lowest BCUT2D eigenvalue weighted by atomic mass is 10.1. The van der Waals surface area contributed by atoms with Crippen LogP contribution >= 0.6 is 0 Å². The number of likely N-dealkylation sites (N-methyl/N-ethyl adjacent to an activating group) is 1. The standard InChI is InChI=1S/C18H27N5O/c1-13-3-4-15-16(11-13)22-17(21-15)7-10-20-18(24)12-23(2)14-5-8-19-9-6-14/h3-4,11,14,19H,5-10,12H2,1-2H3,(H,20,24)(H,21,22). The van der Waals surface area contributed by atoms with Crippen molar-refractivity contribution in [3.63, 3.8) is 0 Å². The van der Waals surface area contributed by atoms with Crippen molar-refractivity contribution in [2.24, 2.45) is 0 Å². The average molecular weight is 329 g/mol. The molecule has 0 aliphatic carbocycles. The minimum absolute atomic E-state index is 0.0861. The topological polar surface area (TPSA) is 73.1 Å². The Morgan fingerprint density at radius 1 is 1.38 bits per heavy atom. The molecule has 1 aromatic carbocycles. The monoisotopic (exact) mass is 329 g/mol. The number of rotatable bonds is 6. The van der Waals surface area contributed by atoms with Gasteiger partial charge >= 0.3 is 0 Å². The van der Waals surface area contributed by atoms with Crippen LogP contribution in [0.1, 0.15) is 24.2 Å². The van der Waals surface area contributed by atoms with Crippen LogP contribution in [0.4, 0.5) is 0 Å². The predicted octanol–water partition coefficient (Wildman–Crippen LogP) is 1.21. The van der Waals surface area contributed by atoms with Gasteiger partial charge in [-0.2, -0.15) is 0 Å². The third-order valence-corrected chi connectivity index (χ3v) is 4.70. The van der Waals surface area contributed by atoms with Crippen molar-refractivity contribution in [1.29, 1.82) is 0 Å². The molecule has 1 fully saturated rings. The molecule has 0 spiro atoms. The Morgan fingerprint density at radius 2 is 2.17 bits per heavy atom. The fourth-order valence-electron chi connectivity index (χ4n) is 3.27. The van der Waals surface area contributed by atoms with Gasteiger partial charge < -0.3 is 15.6 Å². The van der Waals surface area contributed by atoms with Crippen LogP contribution in [0.3, 0.4) is 0 Å². The molecule has 1 saturated heterocycles. The van der Waals surface area contributed by atoms with Gasteiger partial charge in [-0.15, -0.1) is 0 Å². The number of aromatic nitrogens is 2. The van der Waals surface area contributed by atoms with E-state index in [2.05, 4.69) is 44.6 Å². The first-order chi connectivity index (χ1) is 11.6. The minimum Gasteiger partial charge on any atom is -0.355 e. The molecule has 6 heteroatoms. The summed E-state index contributed by atoms with van der Waals surface area (Å²) < 4.78 is 0. The van der Waals surface area contributed by atoms with Gasteiger partial charge in [-0.25, -0.2) is 4.98 Å². The number of hydrogen-bond donors (Lipinski definition) is 3. The van der Waals surface area contributed by atoms with Crippen LogP contribution in [0.2, 0.25) is 0 Å². The Kier molecular flexibility index (Phi) is 5.48. The van der Waals surface area contributed by atoms with E-state index in [-0.39, 0.29) is 5.91 Å². The van der Waals surface area contributed by atoms with Crippen LogP contribution in [0.15, 0.2) is 18.2 Å². The molecule has 1 amide bonds. The van der Waals surface area contributed by atoms with E-state index in [1.807, 2.05) is 13.1 Å². The zero-order valence-electron chi connectivity index (χ0n) is 14.6. The van der Waals surface area contributed by atoms with E-state index in [9.17, 15) is 4.79 Å². The lowest BCUT2D eigenvalue weighted by Crippen LogP contribution is -2.45. The Labute approximate surface area is 143 Å². The Bertz CT molecular complexity index is 690. The number of piperidine rings is 1. The molecule has 2 aromatic rings. The summed E-state index contributed by atoms with van der Waals surface area (Å²) in [5.41, 5.74) is 3.25. The fourth-order valence-corrected chi connectivity index (χ4v) is 3.27. The van der Waals surface area contributed by atoms with E-state index in [0.29, 0.717) is 19.1 Å². The Morgan fingerprint density at radius 3 is 2.96 bits per heavy atom. The second kappa shape index (κ2) is 7.77. The van der Waals surface area contributed by atoms with Gasteiger partial charge in [0.15, 0.2) is 0 Å². The summed E-state index contributed by atoms with van der Waals surface area (Å²) in [5.74, 6) is 1.01. The summed E-state index contributed by atoms with van der Waals surface area (Å²) in [6, 6.07) is 6.69. The molecule has 0 atom stereocenters. The summed E-state index contributed by atoms with van der Waals surface area (Å²) in [6.07, 6.45) is 2.95. The summed E-state index contributed by atoms with van der Waals surface area (Å²) in [5, 5.41) is 6.35. The van der Waals surface area contributed by atoms with Crippen molar-refractivity contribution in [2.45, 2.75) is 32.2 Å². The quantitative estimate of drug-likeness (QED) is 0.745. The molecule has 0 saturated carbocycles. The highest BCUT2D eigenvalue weighted by molar-refractivity contribution is 5.78. The predicted molar refractivity (Wildman–Crippen MR) is 96.1 cm³/mol. The van der Waals surface area contributed by atoms with E-state index in [0.717, 1.165) is 49.2 Å². The number of imidazole rings is 1. The second-order valence-electron chi connectivity index (χ2n) is 6.70. The van der Waals surface area contributed by atoms with E-state index in [1.165, 1.54) is 5.56 Å². The highest BCUT2D eigenvalue weighted by atomic mass is 16.2. The first kappa shape index (κ1) is 16.9. The molecule has 6 nitrogen and oxygen atoms in total. The number of benzene rings is 1. The van der Waals surface area contributed by atoms with Crippen LogP contribution in [0, 0.1) is 6.92 Å². The minimum atomic E-state index is 0.0861. The maximum Gasteiger partial charge on any atom is 0.234 e. The number of nitrogens with zero attached hydrogens (tertiary/aromatic N) is 2. The Balaban J connectivity index is 1.43. The van der Waals surface area contributed by atoms with Crippen LogP contribution < -0.4 is 10.6 Å². The van der Waals surface area contributed by atoms with E-state index < -0.39 is 0 Å². The van der Waals surface area contributed by atoms with E-state index in [1.54, 1.807) is 0 Å². The molecule has 1 aliphatic heterocycles. The molecule has 130 valence electrons. The number of carbonyl (C=O) groups excluding carboxylic acids is 1. The van der Waals surface area contributed by atoms with Crippen LogP contribution in [0.5, 0.6) is 0 Å². The van der Waals surface area contributed by atoms with Gasteiger partial charge in [0.2, 0.25) is 5.91 Å². The van der Waals surface area contributed by atoms with Crippen molar-refractivity contribution in [3.8, 4) is 0 Å². The molecule has 0 unspecified atom stereocenters. The van der Waals surface area contributed by atoms with Crippen molar-refractivity contribution in [1.82, 2.24) is 25.5 Å². The van der Waals surface area contributed by atoms with Crippen molar-refractivity contribution in [3.05, 3.63) is 29.6 Å². The maximum absolute atomic E-state index is 12.1. The number of carbonyl (C=O) groups is 1. The summed E-state index contributed by atoms with van der Waals surface area (Å²) in [4.78, 5) is 22.2. The van der Waals surface area contributed by atoms with Crippen molar-refractivity contribution >= 4 is 16.9 Å². The second-order valence-corrected chi connectivity index (χ2v) is 6.70. The molecule has 2 heterocycles. The zero-order chi connectivity index (χ0) is 16.9. The smallest absolute Gasteiger partial charge is 0.234 e. The first-order valence-corrected chi connectivity index (χ1v) is 8.75. The number of hydrogen-bond acceptors (Lipinski definition) is 4. The van der Waals surface area contributed by atoms with Gasteiger partial charge in [0.25, 0.3) is 0 Å². The molecule has 3 N–H and O–H groups in total. The molecule has 0 radical (unpaired) electrons. The van der Waals surface area contributed by atoms with Gasteiger partial charge in [0.1, 0.15) is 5.82 Å². The number of fused-ring (bicyclic) bond motifs is 1. The lowest BCUT2D eigenvalue weighted by molar-refractivity contribution is -0.122. The molecule has 3 rings (SSSR count). The molecular weight excluding hydrogens is 302 g/mol. The van der Waals surface area contributed by atoms with Crippen molar-refractivity contribution in [2.75, 3.05) is 33.2 Å². The van der Waals surface area contributed by atoms with Crippen LogP contribution in [0.25, 0.3) is 11.0 Å². The van der Waals surface area contributed by atoms with Gasteiger partial charge in [0.05, 0.1) is 17.6 Å². The van der Waals surface area contributed by atoms with Crippen molar-refractivity contribution < 1.29 is 4.79 Å². The number of nitrogens with one attached hydrogen (secondary N) is 3. The highest BCUT2D eigenvalue weighted by Gasteiger charge is 2.19. The van der Waals surface area contributed by atoms with Crippen LogP contribution in [-0.2, 0) is 11.2 Å². The fraction of sp³-hybridized carbons (Fsp3) is 0.556. The number of aromatic amines is 1. The normalized spacial score (nSPS) is 16.0. The molecule has 24 heavy (non-hydrogen) atoms. The van der Waals surface area contributed by atoms with Gasteiger partial charge in [-0.3, -0.25) is 9.69 Å². The highest BCUT2D eigenvalue weighted by Crippen LogP contribution is 2.13. The zero-order valence-corrected chi connectivity index (χ0v) is 14.6. The SMILES string of the molecule is Cc1ccc2nc(CCNC(=O)CN(C)C3CCNCC3)[nH]c2c1. The maximum atomic E-state index is 12.1. The van der Waals surface area contributed by atoms with Gasteiger partial charge in [-0.1, -0.05) is 6.07 Å². The number of H-pyrrole nitrogens is 1. The number of aryl methyl sites for hydroxylation is 1. The van der Waals surface area contributed by atoms with E-state index in [4.69, 9.17) is 0 Å². The lowest BCUT2D eigenvalue weighted by Gasteiger charge is -2.31. The first-order valence-electron chi connectivity index (χ1n) is 8.75. The molecule has 0 bridgehead atoms. The third-order valence-electron chi connectivity index (χ3n) is 4.70. The van der Waals surface area contributed by atoms with Gasteiger partial charge in [-0.05, 0) is 57.6 Å². The molecular formula is C18H27N5O. The summed E-state index contributed by atoms with van der Waals surface area (Å²) >= 11 is 0. The Hall–Kier alpha value is -1.92. The van der Waals surface area contributed by atoms with Crippen LogP contribution in [-0.4, -0.2) is 60.0 Å². The van der Waals surface area contributed by atoms with Gasteiger partial charge in [0, 0.05) is 19.0 Å². The third kappa shape index (κ3) is 4.33. The number of amides is 1.